The molecular formula is C11H15Br2NO2S2. The number of hydrogen-bond donors (Lipinski definition) is 1. The maximum atomic E-state index is 12.1. The summed E-state index contributed by atoms with van der Waals surface area (Å²) in [5.74, 6) is 0.465. The lowest BCUT2D eigenvalue weighted by molar-refractivity contribution is 0.366. The molecule has 1 aromatic rings. The number of halogens is 2. The molecule has 1 N–H and O–H groups in total. The molecule has 0 amide bonds. The molecule has 0 atom stereocenters. The second kappa shape index (κ2) is 6.35. The summed E-state index contributed by atoms with van der Waals surface area (Å²) in [6, 6.07) is 1.76. The molecule has 1 fully saturated rings. The van der Waals surface area contributed by atoms with Gasteiger partial charge < -0.3 is 0 Å². The number of alkyl halides is 1. The largest absolute Gasteiger partial charge is 0.251 e. The van der Waals surface area contributed by atoms with Crippen LogP contribution < -0.4 is 4.72 Å². The second-order valence-corrected chi connectivity index (χ2v) is 9.55. The van der Waals surface area contributed by atoms with E-state index in [0.717, 1.165) is 25.7 Å². The lowest BCUT2D eigenvalue weighted by Crippen LogP contribution is -2.31. The fourth-order valence-corrected chi connectivity index (χ4v) is 6.12. The Labute approximate surface area is 129 Å². The van der Waals surface area contributed by atoms with E-state index >= 15 is 0 Å². The molecule has 102 valence electrons. The Morgan fingerprint density at radius 3 is 2.56 bits per heavy atom. The first-order valence-corrected chi connectivity index (χ1v) is 9.93. The number of rotatable bonds is 4. The van der Waals surface area contributed by atoms with Crippen molar-refractivity contribution in [3.8, 4) is 0 Å². The highest BCUT2D eigenvalue weighted by atomic mass is 79.9. The number of nitrogens with one attached hydrogen (secondary N) is 1. The average molecular weight is 417 g/mol. The van der Waals surface area contributed by atoms with Gasteiger partial charge in [-0.3, -0.25) is 0 Å². The van der Waals surface area contributed by atoms with Crippen LogP contribution in [0.15, 0.2) is 20.1 Å². The molecule has 0 saturated heterocycles. The highest BCUT2D eigenvalue weighted by molar-refractivity contribution is 9.10. The van der Waals surface area contributed by atoms with E-state index in [2.05, 4.69) is 36.6 Å². The third-order valence-corrected chi connectivity index (χ3v) is 8.18. The summed E-state index contributed by atoms with van der Waals surface area (Å²) >= 11 is 8.10. The molecule has 0 bridgehead atoms. The van der Waals surface area contributed by atoms with Crippen LogP contribution in [0.1, 0.15) is 25.7 Å². The van der Waals surface area contributed by atoms with Gasteiger partial charge in [0.1, 0.15) is 4.21 Å². The van der Waals surface area contributed by atoms with Gasteiger partial charge in [0.15, 0.2) is 0 Å². The summed E-state index contributed by atoms with van der Waals surface area (Å²) in [6.07, 6.45) is 4.44. The lowest BCUT2D eigenvalue weighted by atomic mass is 9.89. The van der Waals surface area contributed by atoms with Gasteiger partial charge in [0.2, 0.25) is 0 Å². The third kappa shape index (κ3) is 3.79. The summed E-state index contributed by atoms with van der Waals surface area (Å²) in [7, 11) is -3.35. The zero-order valence-corrected chi connectivity index (χ0v) is 14.5. The van der Waals surface area contributed by atoms with Gasteiger partial charge in [0.25, 0.3) is 10.0 Å². The normalized spacial score (nSPS) is 25.2. The van der Waals surface area contributed by atoms with Crippen LogP contribution in [-0.4, -0.2) is 19.8 Å². The van der Waals surface area contributed by atoms with E-state index < -0.39 is 10.0 Å². The van der Waals surface area contributed by atoms with E-state index in [1.165, 1.54) is 11.3 Å². The monoisotopic (exact) mass is 415 g/mol. The van der Waals surface area contributed by atoms with Gasteiger partial charge >= 0.3 is 0 Å². The van der Waals surface area contributed by atoms with Gasteiger partial charge in [0, 0.05) is 15.8 Å². The first-order valence-electron chi connectivity index (χ1n) is 5.86. The SMILES string of the molecule is O=S(=O)(NCC1CCC(Br)CC1)c1sccc1Br. The molecule has 0 radical (unpaired) electrons. The fourth-order valence-electron chi connectivity index (χ4n) is 2.09. The summed E-state index contributed by atoms with van der Waals surface area (Å²) < 4.78 is 27.9. The summed E-state index contributed by atoms with van der Waals surface area (Å²) in [5, 5.41) is 1.77. The maximum absolute atomic E-state index is 12.1. The molecule has 3 nitrogen and oxygen atoms in total. The Morgan fingerprint density at radius 2 is 2.00 bits per heavy atom. The number of sulfonamides is 1. The van der Waals surface area contributed by atoms with Gasteiger partial charge in [-0.1, -0.05) is 15.9 Å². The predicted octanol–water partition coefficient (Wildman–Crippen LogP) is 3.74. The van der Waals surface area contributed by atoms with Gasteiger partial charge in [-0.05, 0) is 59.0 Å². The zero-order chi connectivity index (χ0) is 13.2. The maximum Gasteiger partial charge on any atom is 0.251 e. The smallest absolute Gasteiger partial charge is 0.210 e. The van der Waals surface area contributed by atoms with Gasteiger partial charge in [-0.2, -0.15) is 0 Å². The molecule has 0 aliphatic heterocycles. The highest BCUT2D eigenvalue weighted by Gasteiger charge is 2.23. The first-order chi connectivity index (χ1) is 8.49. The van der Waals surface area contributed by atoms with Crippen molar-refractivity contribution in [3.05, 3.63) is 15.9 Å². The summed E-state index contributed by atoms with van der Waals surface area (Å²) in [5.41, 5.74) is 0. The predicted molar refractivity (Wildman–Crippen MR) is 81.9 cm³/mol. The quantitative estimate of drug-likeness (QED) is 0.759. The summed E-state index contributed by atoms with van der Waals surface area (Å²) in [4.78, 5) is 0.608. The molecule has 0 unspecified atom stereocenters. The Morgan fingerprint density at radius 1 is 1.33 bits per heavy atom. The van der Waals surface area contributed by atoms with E-state index in [4.69, 9.17) is 0 Å². The van der Waals surface area contributed by atoms with Crippen molar-refractivity contribution in [3.63, 3.8) is 0 Å². The van der Waals surface area contributed by atoms with Crippen LogP contribution in [0.25, 0.3) is 0 Å². The topological polar surface area (TPSA) is 46.2 Å². The molecule has 7 heteroatoms. The van der Waals surface area contributed by atoms with Crippen molar-refractivity contribution < 1.29 is 8.42 Å². The Kier molecular flexibility index (Phi) is 5.28. The minimum Gasteiger partial charge on any atom is -0.210 e. The van der Waals surface area contributed by atoms with Crippen LogP contribution in [0.5, 0.6) is 0 Å². The molecule has 18 heavy (non-hydrogen) atoms. The number of thiophene rings is 1. The molecule has 1 aliphatic rings. The average Bonchev–Trinajstić information content (AvgIpc) is 2.76. The van der Waals surface area contributed by atoms with Crippen LogP contribution in [0, 0.1) is 5.92 Å². The van der Waals surface area contributed by atoms with Crippen LogP contribution in [-0.2, 0) is 10.0 Å². The van der Waals surface area contributed by atoms with Crippen LogP contribution in [0.2, 0.25) is 0 Å². The van der Waals surface area contributed by atoms with Crippen molar-refractivity contribution in [2.24, 2.45) is 5.92 Å². The standard InChI is InChI=1S/C11H15Br2NO2S2/c12-9-3-1-8(2-4-9)7-14-18(15,16)11-10(13)5-6-17-11/h5-6,8-9,14H,1-4,7H2. The third-order valence-electron chi connectivity index (χ3n) is 3.17. The van der Waals surface area contributed by atoms with E-state index in [0.29, 0.717) is 26.0 Å². The minimum absolute atomic E-state index is 0.372. The number of hydrogen-bond acceptors (Lipinski definition) is 3. The second-order valence-electron chi connectivity index (χ2n) is 4.53. The van der Waals surface area contributed by atoms with Crippen molar-refractivity contribution in [2.45, 2.75) is 34.7 Å². The van der Waals surface area contributed by atoms with Crippen molar-refractivity contribution in [1.29, 1.82) is 0 Å². The molecule has 2 rings (SSSR count). The van der Waals surface area contributed by atoms with Crippen LogP contribution in [0.3, 0.4) is 0 Å². The van der Waals surface area contributed by atoms with Crippen molar-refractivity contribution >= 4 is 53.2 Å². The summed E-state index contributed by atoms with van der Waals surface area (Å²) in [6.45, 7) is 0.548. The van der Waals surface area contributed by atoms with Crippen molar-refractivity contribution in [1.82, 2.24) is 4.72 Å². The first kappa shape index (κ1) is 15.0. The van der Waals surface area contributed by atoms with Gasteiger partial charge in [0.05, 0.1) is 0 Å². The van der Waals surface area contributed by atoms with E-state index in [1.54, 1.807) is 11.4 Å². The Hall–Kier alpha value is 0.570. The molecular weight excluding hydrogens is 402 g/mol. The Balaban J connectivity index is 1.92. The van der Waals surface area contributed by atoms with E-state index in [9.17, 15) is 8.42 Å². The minimum atomic E-state index is -3.35. The molecule has 1 aliphatic carbocycles. The Bertz CT molecular complexity index is 493. The van der Waals surface area contributed by atoms with E-state index in [-0.39, 0.29) is 0 Å². The molecule has 0 aromatic carbocycles. The molecule has 0 spiro atoms. The molecule has 1 heterocycles. The van der Waals surface area contributed by atoms with Crippen LogP contribution >= 0.6 is 43.2 Å². The van der Waals surface area contributed by atoms with Crippen LogP contribution in [0.4, 0.5) is 0 Å². The van der Waals surface area contributed by atoms with Gasteiger partial charge in [-0.25, -0.2) is 13.1 Å². The highest BCUT2D eigenvalue weighted by Crippen LogP contribution is 2.30. The molecule has 1 saturated carbocycles. The van der Waals surface area contributed by atoms with Crippen molar-refractivity contribution in [2.75, 3.05) is 6.54 Å². The fraction of sp³-hybridized carbons (Fsp3) is 0.636. The van der Waals surface area contributed by atoms with Gasteiger partial charge in [-0.15, -0.1) is 11.3 Å². The zero-order valence-electron chi connectivity index (χ0n) is 9.73. The molecule has 1 aromatic heterocycles. The lowest BCUT2D eigenvalue weighted by Gasteiger charge is -2.25. The van der Waals surface area contributed by atoms with E-state index in [1.807, 2.05) is 0 Å².